The number of ether oxygens (including phenoxy) is 2. The molecule has 2 amide bonds. The number of aliphatic hydroxyl groups is 1. The van der Waals surface area contributed by atoms with E-state index in [1.807, 2.05) is 6.08 Å². The fourth-order valence-corrected chi connectivity index (χ4v) is 4.28. The molecule has 4 rings (SSSR count). The summed E-state index contributed by atoms with van der Waals surface area (Å²) in [5.74, 6) is -1.36. The van der Waals surface area contributed by atoms with Crippen molar-refractivity contribution in [3.8, 4) is 11.5 Å². The van der Waals surface area contributed by atoms with Crippen molar-refractivity contribution in [1.29, 1.82) is 0 Å². The Kier molecular flexibility index (Phi) is 4.15. The number of nitrogens with zero attached hydrogens (tertiary/aromatic N) is 1. The standard InChI is InChI=1S/C19H19NO7/c1-25-17-15-10-4-3-9(7-10)14(15)11(8-21)16(18(17)26-2)19(24)27-20-12(22)5-6-13(20)23/h3-4,9-10,21H,5-8H2,1-2H3. The van der Waals surface area contributed by atoms with Crippen LogP contribution in [0.2, 0.25) is 0 Å². The lowest BCUT2D eigenvalue weighted by molar-refractivity contribution is -0.172. The van der Waals surface area contributed by atoms with Crippen LogP contribution in [0, 0.1) is 0 Å². The highest BCUT2D eigenvalue weighted by molar-refractivity contribution is 6.04. The molecule has 3 aliphatic rings. The SMILES string of the molecule is COc1c(OC)c2c(c(CO)c1C(=O)ON1C(=O)CCC1=O)C1C=CC2C1. The summed E-state index contributed by atoms with van der Waals surface area (Å²) in [6.45, 7) is -0.411. The van der Waals surface area contributed by atoms with Crippen LogP contribution in [-0.2, 0) is 21.0 Å². The number of rotatable bonds is 5. The summed E-state index contributed by atoms with van der Waals surface area (Å²) in [7, 11) is 2.87. The van der Waals surface area contributed by atoms with Gasteiger partial charge in [0.15, 0.2) is 11.5 Å². The molecular formula is C19H19NO7. The Hall–Kier alpha value is -2.87. The molecular weight excluding hydrogens is 354 g/mol. The number of methoxy groups -OCH3 is 2. The molecule has 0 radical (unpaired) electrons. The van der Waals surface area contributed by atoms with Crippen molar-refractivity contribution in [2.75, 3.05) is 14.2 Å². The van der Waals surface area contributed by atoms with E-state index in [0.717, 1.165) is 17.5 Å². The van der Waals surface area contributed by atoms with Crippen molar-refractivity contribution in [3.63, 3.8) is 0 Å². The lowest BCUT2D eigenvalue weighted by Gasteiger charge is -2.24. The van der Waals surface area contributed by atoms with Crippen LogP contribution in [0.15, 0.2) is 12.2 Å². The van der Waals surface area contributed by atoms with Crippen LogP contribution in [0.1, 0.15) is 58.1 Å². The van der Waals surface area contributed by atoms with E-state index >= 15 is 0 Å². The molecule has 1 fully saturated rings. The summed E-state index contributed by atoms with van der Waals surface area (Å²) in [5, 5.41) is 10.5. The van der Waals surface area contributed by atoms with E-state index in [-0.39, 0.29) is 36.0 Å². The third-order valence-electron chi connectivity index (χ3n) is 5.37. The lowest BCUT2D eigenvalue weighted by Crippen LogP contribution is -2.32. The maximum Gasteiger partial charge on any atom is 0.368 e. The molecule has 142 valence electrons. The van der Waals surface area contributed by atoms with E-state index in [9.17, 15) is 19.5 Å². The maximum atomic E-state index is 12.9. The summed E-state index contributed by atoms with van der Waals surface area (Å²) in [6.07, 6.45) is 4.95. The van der Waals surface area contributed by atoms with Crippen molar-refractivity contribution >= 4 is 17.8 Å². The number of aliphatic hydroxyl groups excluding tert-OH is 1. The normalized spacial score (nSPS) is 22.4. The summed E-state index contributed by atoms with van der Waals surface area (Å²) in [5.41, 5.74) is 2.08. The summed E-state index contributed by atoms with van der Waals surface area (Å²) in [4.78, 5) is 41.5. The average molecular weight is 373 g/mol. The van der Waals surface area contributed by atoms with Crippen LogP contribution < -0.4 is 9.47 Å². The van der Waals surface area contributed by atoms with Crippen molar-refractivity contribution in [2.45, 2.75) is 37.7 Å². The molecule has 2 unspecified atom stereocenters. The zero-order valence-electron chi connectivity index (χ0n) is 15.0. The second-order valence-electron chi connectivity index (χ2n) is 6.70. The number of benzene rings is 1. The molecule has 1 N–H and O–H groups in total. The van der Waals surface area contributed by atoms with Crippen LogP contribution in [0.25, 0.3) is 0 Å². The van der Waals surface area contributed by atoms with Crippen LogP contribution in [0.4, 0.5) is 0 Å². The second-order valence-corrected chi connectivity index (χ2v) is 6.70. The third kappa shape index (κ3) is 2.43. The van der Waals surface area contributed by atoms with E-state index in [4.69, 9.17) is 14.3 Å². The number of carbonyl (C=O) groups excluding carboxylic acids is 3. The Morgan fingerprint density at radius 1 is 1.07 bits per heavy atom. The van der Waals surface area contributed by atoms with Crippen LogP contribution in [-0.4, -0.2) is 42.2 Å². The van der Waals surface area contributed by atoms with Gasteiger partial charge in [-0.25, -0.2) is 4.79 Å². The molecule has 27 heavy (non-hydrogen) atoms. The lowest BCUT2D eigenvalue weighted by atomic mass is 9.87. The Morgan fingerprint density at radius 3 is 2.22 bits per heavy atom. The fourth-order valence-electron chi connectivity index (χ4n) is 4.28. The minimum Gasteiger partial charge on any atom is -0.493 e. The van der Waals surface area contributed by atoms with Crippen LogP contribution in [0.5, 0.6) is 11.5 Å². The van der Waals surface area contributed by atoms with Gasteiger partial charge in [-0.2, -0.15) is 0 Å². The summed E-state index contributed by atoms with van der Waals surface area (Å²) >= 11 is 0. The van der Waals surface area contributed by atoms with Gasteiger partial charge < -0.3 is 19.4 Å². The quantitative estimate of drug-likeness (QED) is 0.617. The third-order valence-corrected chi connectivity index (χ3v) is 5.37. The van der Waals surface area contributed by atoms with E-state index in [1.165, 1.54) is 14.2 Å². The minimum atomic E-state index is -0.938. The van der Waals surface area contributed by atoms with Gasteiger partial charge in [-0.3, -0.25) is 9.59 Å². The predicted molar refractivity (Wildman–Crippen MR) is 91.2 cm³/mol. The number of hydroxylamine groups is 2. The number of imide groups is 1. The highest BCUT2D eigenvalue weighted by Crippen LogP contribution is 2.57. The number of hydrogen-bond acceptors (Lipinski definition) is 7. The number of fused-ring (bicyclic) bond motifs is 5. The van der Waals surface area contributed by atoms with E-state index in [2.05, 4.69) is 6.08 Å². The predicted octanol–water partition coefficient (Wildman–Crippen LogP) is 1.56. The number of amides is 2. The number of allylic oxidation sites excluding steroid dienone is 2. The van der Waals surface area contributed by atoms with Crippen LogP contribution >= 0.6 is 0 Å². The molecule has 1 heterocycles. The molecule has 0 aromatic heterocycles. The Bertz CT molecular complexity index is 873. The smallest absolute Gasteiger partial charge is 0.368 e. The van der Waals surface area contributed by atoms with Crippen molar-refractivity contribution < 1.29 is 33.8 Å². The molecule has 2 aliphatic carbocycles. The molecule has 2 atom stereocenters. The minimum absolute atomic E-state index is 0.00182. The summed E-state index contributed by atoms with van der Waals surface area (Å²) < 4.78 is 11.0. The average Bonchev–Trinajstić information content (AvgIpc) is 3.37. The maximum absolute atomic E-state index is 12.9. The Balaban J connectivity index is 1.85. The molecule has 1 aromatic carbocycles. The monoisotopic (exact) mass is 373 g/mol. The summed E-state index contributed by atoms with van der Waals surface area (Å²) in [6, 6.07) is 0. The van der Waals surface area contributed by atoms with Gasteiger partial charge in [0.25, 0.3) is 11.8 Å². The molecule has 8 heteroatoms. The van der Waals surface area contributed by atoms with E-state index < -0.39 is 24.4 Å². The first-order chi connectivity index (χ1) is 13.0. The van der Waals surface area contributed by atoms with Gasteiger partial charge in [-0.15, -0.1) is 5.06 Å². The topological polar surface area (TPSA) is 102 Å². The van der Waals surface area contributed by atoms with Gasteiger partial charge in [0.2, 0.25) is 0 Å². The van der Waals surface area contributed by atoms with Crippen LogP contribution in [0.3, 0.4) is 0 Å². The molecule has 0 spiro atoms. The van der Waals surface area contributed by atoms with Gasteiger partial charge in [0.05, 0.1) is 20.8 Å². The highest BCUT2D eigenvalue weighted by Gasteiger charge is 2.43. The molecule has 0 saturated carbocycles. The Labute approximate surface area is 155 Å². The molecule has 1 aliphatic heterocycles. The van der Waals surface area contributed by atoms with Gasteiger partial charge in [-0.1, -0.05) is 12.2 Å². The van der Waals surface area contributed by atoms with Gasteiger partial charge >= 0.3 is 5.97 Å². The largest absolute Gasteiger partial charge is 0.493 e. The van der Waals surface area contributed by atoms with Gasteiger partial charge in [0, 0.05) is 35.8 Å². The zero-order valence-corrected chi connectivity index (χ0v) is 15.0. The second kappa shape index (κ2) is 6.38. The van der Waals surface area contributed by atoms with Gasteiger partial charge in [-0.05, 0) is 12.0 Å². The highest BCUT2D eigenvalue weighted by atomic mass is 16.7. The first-order valence-corrected chi connectivity index (χ1v) is 8.69. The Morgan fingerprint density at radius 2 is 1.67 bits per heavy atom. The van der Waals surface area contributed by atoms with E-state index in [0.29, 0.717) is 16.4 Å². The molecule has 2 bridgehead atoms. The van der Waals surface area contributed by atoms with Gasteiger partial charge in [0.1, 0.15) is 5.56 Å². The van der Waals surface area contributed by atoms with Crippen molar-refractivity contribution in [2.24, 2.45) is 0 Å². The first-order valence-electron chi connectivity index (χ1n) is 8.69. The fraction of sp³-hybridized carbons (Fsp3) is 0.421. The van der Waals surface area contributed by atoms with Crippen molar-refractivity contribution in [3.05, 3.63) is 34.4 Å². The van der Waals surface area contributed by atoms with E-state index in [1.54, 1.807) is 0 Å². The molecule has 8 nitrogen and oxygen atoms in total. The number of carbonyl (C=O) groups is 3. The zero-order chi connectivity index (χ0) is 19.3. The molecule has 1 aromatic rings. The molecule has 1 saturated heterocycles. The number of hydrogen-bond donors (Lipinski definition) is 1. The first kappa shape index (κ1) is 17.5. The van der Waals surface area contributed by atoms with Crippen molar-refractivity contribution in [1.82, 2.24) is 5.06 Å².